The van der Waals surface area contributed by atoms with Gasteiger partial charge in [-0.2, -0.15) is 23.3 Å². The Kier molecular flexibility index (Phi) is 6.59. The molecule has 0 radical (unpaired) electrons. The molecule has 7 nitrogen and oxygen atoms in total. The number of piperidine rings is 1. The maximum absolute atomic E-state index is 13.9. The van der Waals surface area contributed by atoms with Crippen LogP contribution < -0.4 is 4.90 Å². The van der Waals surface area contributed by atoms with Gasteiger partial charge in [0.1, 0.15) is 4.88 Å². The van der Waals surface area contributed by atoms with Crippen molar-refractivity contribution in [3.05, 3.63) is 69.2 Å². The predicted octanol–water partition coefficient (Wildman–Crippen LogP) is 6.29. The molecule has 0 amide bonds. The lowest BCUT2D eigenvalue weighted by molar-refractivity contribution is -0.142. The SMILES string of the molecule is O=C(O)[C@H]1CCCN(c2nc(O)c(C(=Cc3ccc(Cl)cc3C(F)(F)F)c3ccc4[nH]ncc4c3)s2)C1. The fourth-order valence-electron chi connectivity index (χ4n) is 4.41. The molecule has 3 N–H and O–H groups in total. The average molecular weight is 549 g/mol. The lowest BCUT2D eigenvalue weighted by atomic mass is 9.97. The molecule has 5 rings (SSSR count). The van der Waals surface area contributed by atoms with Crippen molar-refractivity contribution in [3.8, 4) is 5.88 Å². The second kappa shape index (κ2) is 9.71. The molecule has 0 saturated carbocycles. The number of rotatable bonds is 5. The van der Waals surface area contributed by atoms with Gasteiger partial charge in [0.2, 0.25) is 5.88 Å². The third kappa shape index (κ3) is 5.14. The van der Waals surface area contributed by atoms with Gasteiger partial charge in [-0.25, -0.2) is 0 Å². The Morgan fingerprint density at radius 3 is 2.81 bits per heavy atom. The first-order chi connectivity index (χ1) is 17.6. The second-order valence-corrected chi connectivity index (χ2v) is 10.1. The van der Waals surface area contributed by atoms with Gasteiger partial charge in [-0.15, -0.1) is 0 Å². The largest absolute Gasteiger partial charge is 0.492 e. The van der Waals surface area contributed by atoms with E-state index in [2.05, 4.69) is 15.2 Å². The number of aliphatic carboxylic acids is 1. The standard InChI is InChI=1S/C25H20ClF3N4O3S/c26-17-5-3-14(19(10-17)25(27,28)29)9-18(13-4-6-20-16(8-13)11-30-32-20)21-22(34)31-24(37-21)33-7-1-2-15(12-33)23(35)36/h3-6,8-11,15,34H,1-2,7,12H2,(H,30,32)(H,35,36)/t15-/m0/s1. The number of benzene rings is 2. The summed E-state index contributed by atoms with van der Waals surface area (Å²) >= 11 is 6.97. The smallest absolute Gasteiger partial charge is 0.417 e. The van der Waals surface area contributed by atoms with Crippen LogP contribution >= 0.6 is 22.9 Å². The van der Waals surface area contributed by atoms with Crippen LogP contribution in [0.15, 0.2) is 42.6 Å². The molecule has 0 aliphatic carbocycles. The number of fused-ring (bicyclic) bond motifs is 1. The van der Waals surface area contributed by atoms with Crippen LogP contribution in [-0.2, 0) is 11.0 Å². The van der Waals surface area contributed by atoms with Crippen molar-refractivity contribution in [3.63, 3.8) is 0 Å². The zero-order valence-corrected chi connectivity index (χ0v) is 20.7. The molecule has 4 aromatic rings. The topological polar surface area (TPSA) is 102 Å². The van der Waals surface area contributed by atoms with E-state index < -0.39 is 23.6 Å². The normalized spacial score (nSPS) is 16.9. The summed E-state index contributed by atoms with van der Waals surface area (Å²) in [5.74, 6) is -1.81. The average Bonchev–Trinajstić information content (AvgIpc) is 3.49. The van der Waals surface area contributed by atoms with Gasteiger partial charge < -0.3 is 15.1 Å². The van der Waals surface area contributed by atoms with E-state index in [1.165, 1.54) is 18.2 Å². The molecule has 37 heavy (non-hydrogen) atoms. The second-order valence-electron chi connectivity index (χ2n) is 8.73. The Bertz CT molecular complexity index is 1510. The molecule has 192 valence electrons. The highest BCUT2D eigenvalue weighted by Gasteiger charge is 2.34. The Balaban J connectivity index is 1.65. The number of carbonyl (C=O) groups is 1. The summed E-state index contributed by atoms with van der Waals surface area (Å²) in [6.45, 7) is 0.794. The van der Waals surface area contributed by atoms with Gasteiger partial charge in [0.25, 0.3) is 0 Å². The zero-order valence-electron chi connectivity index (χ0n) is 19.1. The van der Waals surface area contributed by atoms with Gasteiger partial charge in [0, 0.05) is 29.1 Å². The molecule has 1 atom stereocenters. The number of hydrogen-bond acceptors (Lipinski definition) is 6. The third-order valence-corrected chi connectivity index (χ3v) is 7.63. The van der Waals surface area contributed by atoms with Crippen LogP contribution in [0.3, 0.4) is 0 Å². The third-order valence-electron chi connectivity index (χ3n) is 6.26. The van der Waals surface area contributed by atoms with Gasteiger partial charge in [0.05, 0.1) is 23.2 Å². The molecular weight excluding hydrogens is 529 g/mol. The lowest BCUT2D eigenvalue weighted by Gasteiger charge is -2.30. The van der Waals surface area contributed by atoms with Crippen molar-refractivity contribution in [2.75, 3.05) is 18.0 Å². The number of nitrogens with one attached hydrogen (secondary N) is 1. The molecule has 1 aliphatic heterocycles. The van der Waals surface area contributed by atoms with Crippen molar-refractivity contribution < 1.29 is 28.2 Å². The van der Waals surface area contributed by atoms with Crippen LogP contribution in [0.1, 0.15) is 34.4 Å². The molecule has 0 unspecified atom stereocenters. The highest BCUT2D eigenvalue weighted by Crippen LogP contribution is 2.43. The van der Waals surface area contributed by atoms with Crippen molar-refractivity contribution in [2.45, 2.75) is 19.0 Å². The first kappa shape index (κ1) is 25.1. The molecule has 3 heterocycles. The van der Waals surface area contributed by atoms with Gasteiger partial charge in [-0.05, 0) is 54.3 Å². The van der Waals surface area contributed by atoms with Gasteiger partial charge in [-0.3, -0.25) is 9.89 Å². The van der Waals surface area contributed by atoms with Crippen molar-refractivity contribution in [1.82, 2.24) is 15.2 Å². The monoisotopic (exact) mass is 548 g/mol. The molecule has 1 saturated heterocycles. The number of H-pyrrole nitrogens is 1. The molecule has 1 fully saturated rings. The van der Waals surface area contributed by atoms with Crippen molar-refractivity contribution in [1.29, 1.82) is 0 Å². The molecule has 2 aromatic carbocycles. The number of aromatic nitrogens is 3. The molecule has 0 spiro atoms. The highest BCUT2D eigenvalue weighted by molar-refractivity contribution is 7.17. The van der Waals surface area contributed by atoms with E-state index in [0.29, 0.717) is 35.7 Å². The van der Waals surface area contributed by atoms with Crippen LogP contribution in [0, 0.1) is 5.92 Å². The summed E-state index contributed by atoms with van der Waals surface area (Å²) in [7, 11) is 0. The number of nitrogens with zero attached hydrogens (tertiary/aromatic N) is 3. The summed E-state index contributed by atoms with van der Waals surface area (Å²) in [6, 6.07) is 8.74. The Morgan fingerprint density at radius 1 is 1.24 bits per heavy atom. The first-order valence-corrected chi connectivity index (χ1v) is 12.5. The Labute approximate surface area is 217 Å². The van der Waals surface area contributed by atoms with Crippen molar-refractivity contribution >= 4 is 56.6 Å². The number of aromatic hydroxyl groups is 1. The number of carboxylic acid groups (broad SMARTS) is 1. The zero-order chi connectivity index (χ0) is 26.3. The minimum Gasteiger partial charge on any atom is -0.492 e. The number of halogens is 4. The fraction of sp³-hybridized carbons (Fsp3) is 0.240. The Hall–Kier alpha value is -3.57. The van der Waals surface area contributed by atoms with E-state index in [4.69, 9.17) is 11.6 Å². The number of aromatic amines is 1. The van der Waals surface area contributed by atoms with Crippen LogP contribution in [0.2, 0.25) is 5.02 Å². The molecule has 1 aliphatic rings. The van der Waals surface area contributed by atoms with E-state index in [1.807, 2.05) is 0 Å². The van der Waals surface area contributed by atoms with E-state index in [-0.39, 0.29) is 27.9 Å². The quantitative estimate of drug-likeness (QED) is 0.253. The van der Waals surface area contributed by atoms with E-state index in [1.54, 1.807) is 29.3 Å². The van der Waals surface area contributed by atoms with Crippen LogP contribution in [0.25, 0.3) is 22.6 Å². The summed E-state index contributed by atoms with van der Waals surface area (Å²) in [5, 5.41) is 28.2. The van der Waals surface area contributed by atoms with Gasteiger partial charge in [0.15, 0.2) is 5.13 Å². The van der Waals surface area contributed by atoms with E-state index >= 15 is 0 Å². The minimum atomic E-state index is -4.66. The maximum Gasteiger partial charge on any atom is 0.417 e. The number of anilines is 1. The first-order valence-electron chi connectivity index (χ1n) is 11.3. The number of alkyl halides is 3. The van der Waals surface area contributed by atoms with Crippen LogP contribution in [-0.4, -0.2) is 44.5 Å². The van der Waals surface area contributed by atoms with E-state index in [0.717, 1.165) is 28.3 Å². The van der Waals surface area contributed by atoms with Gasteiger partial charge >= 0.3 is 12.1 Å². The highest BCUT2D eigenvalue weighted by atomic mass is 35.5. The Morgan fingerprint density at radius 2 is 2.05 bits per heavy atom. The summed E-state index contributed by atoms with van der Waals surface area (Å²) in [5.41, 5.74) is 0.574. The number of carboxylic acids is 1. The molecule has 12 heteroatoms. The summed E-state index contributed by atoms with van der Waals surface area (Å²) in [4.78, 5) is 17.8. The summed E-state index contributed by atoms with van der Waals surface area (Å²) in [6.07, 6.45) is -0.517. The molecular formula is C25H20ClF3N4O3S. The molecule has 2 aromatic heterocycles. The van der Waals surface area contributed by atoms with E-state index in [9.17, 15) is 28.2 Å². The number of thiazole rings is 1. The maximum atomic E-state index is 13.9. The van der Waals surface area contributed by atoms with Crippen LogP contribution in [0.4, 0.5) is 18.3 Å². The summed E-state index contributed by atoms with van der Waals surface area (Å²) < 4.78 is 41.6. The van der Waals surface area contributed by atoms with Crippen LogP contribution in [0.5, 0.6) is 5.88 Å². The number of hydrogen-bond donors (Lipinski definition) is 3. The van der Waals surface area contributed by atoms with Gasteiger partial charge in [-0.1, -0.05) is 35.1 Å². The fourth-order valence-corrected chi connectivity index (χ4v) is 5.62. The molecule has 0 bridgehead atoms. The van der Waals surface area contributed by atoms with Crippen molar-refractivity contribution in [2.24, 2.45) is 5.92 Å². The predicted molar refractivity (Wildman–Crippen MR) is 136 cm³/mol. The minimum absolute atomic E-state index is 0.0492. The lowest BCUT2D eigenvalue weighted by Crippen LogP contribution is -2.38.